The van der Waals surface area contributed by atoms with Crippen molar-refractivity contribution in [3.63, 3.8) is 0 Å². The third-order valence-corrected chi connectivity index (χ3v) is 6.30. The summed E-state index contributed by atoms with van der Waals surface area (Å²) in [6.07, 6.45) is 8.62. The van der Waals surface area contributed by atoms with E-state index in [9.17, 15) is 4.39 Å². The molecule has 0 aromatic carbocycles. The molecule has 0 spiro atoms. The van der Waals surface area contributed by atoms with Gasteiger partial charge in [0.25, 0.3) is 0 Å². The number of ether oxygens (including phenoxy) is 2. The summed E-state index contributed by atoms with van der Waals surface area (Å²) in [6, 6.07) is 1.51. The zero-order valence-corrected chi connectivity index (χ0v) is 13.9. The zero-order chi connectivity index (χ0) is 14.0. The van der Waals surface area contributed by atoms with Gasteiger partial charge in [0, 0.05) is 10.9 Å². The molecule has 0 N–H and O–H groups in total. The molecule has 1 aromatic heterocycles. The Bertz CT molecular complexity index is 451. The topological polar surface area (TPSA) is 18.5 Å². The van der Waals surface area contributed by atoms with Gasteiger partial charge in [0.05, 0.1) is 18.1 Å². The number of thiophene rings is 1. The summed E-state index contributed by atoms with van der Waals surface area (Å²) in [7, 11) is 0. The molecule has 3 rings (SSSR count). The first-order valence-corrected chi connectivity index (χ1v) is 9.04. The second-order valence-electron chi connectivity index (χ2n) is 5.72. The number of rotatable bonds is 4. The highest BCUT2D eigenvalue weighted by molar-refractivity contribution is 9.10. The average molecular weight is 363 g/mol. The van der Waals surface area contributed by atoms with E-state index < -0.39 is 5.79 Å². The highest BCUT2D eigenvalue weighted by Gasteiger charge is 2.42. The van der Waals surface area contributed by atoms with Gasteiger partial charge in [-0.15, -0.1) is 11.3 Å². The van der Waals surface area contributed by atoms with E-state index in [4.69, 9.17) is 9.47 Å². The SMILES string of the molecule is Fc1cc(Br)c(C2(CCC3CCCCC3)OCCO2)s1. The molecule has 1 aliphatic carbocycles. The predicted molar refractivity (Wildman–Crippen MR) is 81.4 cm³/mol. The highest BCUT2D eigenvalue weighted by atomic mass is 79.9. The minimum Gasteiger partial charge on any atom is -0.343 e. The van der Waals surface area contributed by atoms with Crippen molar-refractivity contribution < 1.29 is 13.9 Å². The molecule has 20 heavy (non-hydrogen) atoms. The van der Waals surface area contributed by atoms with E-state index in [0.717, 1.165) is 39.4 Å². The predicted octanol–water partition coefficient (Wildman–Crippen LogP) is 5.21. The lowest BCUT2D eigenvalue weighted by atomic mass is 9.85. The molecular formula is C15H20BrFO2S. The van der Waals surface area contributed by atoms with Crippen LogP contribution in [0.15, 0.2) is 10.5 Å². The summed E-state index contributed by atoms with van der Waals surface area (Å²) in [5.41, 5.74) is 0. The summed E-state index contributed by atoms with van der Waals surface area (Å²) in [6.45, 7) is 1.19. The summed E-state index contributed by atoms with van der Waals surface area (Å²) >= 11 is 4.57. The highest BCUT2D eigenvalue weighted by Crippen LogP contribution is 2.45. The Morgan fingerprint density at radius 1 is 1.25 bits per heavy atom. The molecule has 1 aliphatic heterocycles. The minimum atomic E-state index is -0.717. The minimum absolute atomic E-state index is 0.192. The van der Waals surface area contributed by atoms with E-state index in [1.807, 2.05) is 0 Å². The van der Waals surface area contributed by atoms with Crippen LogP contribution >= 0.6 is 27.3 Å². The van der Waals surface area contributed by atoms with Crippen molar-refractivity contribution in [1.29, 1.82) is 0 Å². The molecule has 0 amide bonds. The van der Waals surface area contributed by atoms with Crippen molar-refractivity contribution in [2.24, 2.45) is 5.92 Å². The Kier molecular flexibility index (Phi) is 4.80. The van der Waals surface area contributed by atoms with E-state index in [1.165, 1.54) is 38.2 Å². The maximum absolute atomic E-state index is 13.5. The zero-order valence-electron chi connectivity index (χ0n) is 11.5. The smallest absolute Gasteiger partial charge is 0.205 e. The fraction of sp³-hybridized carbons (Fsp3) is 0.733. The summed E-state index contributed by atoms with van der Waals surface area (Å²) in [5, 5.41) is -0.192. The second-order valence-corrected chi connectivity index (χ2v) is 7.58. The van der Waals surface area contributed by atoms with Gasteiger partial charge in [0.15, 0.2) is 5.13 Å². The van der Waals surface area contributed by atoms with Gasteiger partial charge in [0.1, 0.15) is 0 Å². The molecule has 1 saturated heterocycles. The molecule has 2 nitrogen and oxygen atoms in total. The van der Waals surface area contributed by atoms with E-state index in [0.29, 0.717) is 13.2 Å². The van der Waals surface area contributed by atoms with Crippen LogP contribution in [0.25, 0.3) is 0 Å². The monoisotopic (exact) mass is 362 g/mol. The number of hydrogen-bond acceptors (Lipinski definition) is 3. The summed E-state index contributed by atoms with van der Waals surface area (Å²) in [4.78, 5) is 0.850. The first-order chi connectivity index (χ1) is 9.70. The van der Waals surface area contributed by atoms with Gasteiger partial charge in [-0.2, -0.15) is 4.39 Å². The van der Waals surface area contributed by atoms with Crippen LogP contribution in [0.1, 0.15) is 49.8 Å². The summed E-state index contributed by atoms with van der Waals surface area (Å²) in [5.74, 6) is 0.0580. The largest absolute Gasteiger partial charge is 0.343 e. The van der Waals surface area contributed by atoms with Gasteiger partial charge in [-0.05, 0) is 34.3 Å². The fourth-order valence-corrected chi connectivity index (χ4v) is 5.12. The third kappa shape index (κ3) is 3.11. The van der Waals surface area contributed by atoms with Crippen LogP contribution in [0.3, 0.4) is 0 Å². The molecule has 2 heterocycles. The van der Waals surface area contributed by atoms with E-state index >= 15 is 0 Å². The maximum Gasteiger partial charge on any atom is 0.205 e. The van der Waals surface area contributed by atoms with Gasteiger partial charge in [-0.25, -0.2) is 0 Å². The van der Waals surface area contributed by atoms with Crippen LogP contribution < -0.4 is 0 Å². The van der Waals surface area contributed by atoms with Gasteiger partial charge in [0.2, 0.25) is 5.79 Å². The molecule has 0 bridgehead atoms. The first kappa shape index (κ1) is 14.9. The average Bonchev–Trinajstić information content (AvgIpc) is 3.05. The Hall–Kier alpha value is 0.0300. The van der Waals surface area contributed by atoms with Crippen molar-refractivity contribution in [1.82, 2.24) is 0 Å². The van der Waals surface area contributed by atoms with E-state index in [2.05, 4.69) is 15.9 Å². The van der Waals surface area contributed by atoms with Crippen molar-refractivity contribution >= 4 is 27.3 Å². The van der Waals surface area contributed by atoms with Crippen molar-refractivity contribution in [2.45, 2.75) is 50.7 Å². The van der Waals surface area contributed by atoms with Crippen LogP contribution in [-0.4, -0.2) is 13.2 Å². The number of hydrogen-bond donors (Lipinski definition) is 0. The Morgan fingerprint density at radius 3 is 2.55 bits per heavy atom. The molecule has 2 fully saturated rings. The van der Waals surface area contributed by atoms with Gasteiger partial charge >= 0.3 is 0 Å². The Balaban J connectivity index is 1.72. The normalized spacial score (nSPS) is 23.3. The lowest BCUT2D eigenvalue weighted by molar-refractivity contribution is -0.171. The van der Waals surface area contributed by atoms with Crippen LogP contribution in [0.4, 0.5) is 4.39 Å². The van der Waals surface area contributed by atoms with Crippen LogP contribution in [0.2, 0.25) is 0 Å². The lowest BCUT2D eigenvalue weighted by Gasteiger charge is -2.30. The molecule has 0 atom stereocenters. The molecule has 112 valence electrons. The molecular weight excluding hydrogens is 343 g/mol. The molecule has 1 saturated carbocycles. The van der Waals surface area contributed by atoms with Crippen LogP contribution in [-0.2, 0) is 15.3 Å². The van der Waals surface area contributed by atoms with Gasteiger partial charge < -0.3 is 9.47 Å². The lowest BCUT2D eigenvalue weighted by Crippen LogP contribution is -2.27. The van der Waals surface area contributed by atoms with E-state index in [1.54, 1.807) is 0 Å². The second kappa shape index (κ2) is 6.42. The first-order valence-electron chi connectivity index (χ1n) is 7.43. The van der Waals surface area contributed by atoms with Crippen molar-refractivity contribution in [3.8, 4) is 0 Å². The maximum atomic E-state index is 13.5. The van der Waals surface area contributed by atoms with Crippen LogP contribution in [0.5, 0.6) is 0 Å². The Morgan fingerprint density at radius 2 is 1.95 bits per heavy atom. The summed E-state index contributed by atoms with van der Waals surface area (Å²) < 4.78 is 26.1. The molecule has 0 radical (unpaired) electrons. The van der Waals surface area contributed by atoms with Crippen LogP contribution in [0, 0.1) is 11.0 Å². The quantitative estimate of drug-likeness (QED) is 0.731. The van der Waals surface area contributed by atoms with Crippen molar-refractivity contribution in [2.75, 3.05) is 13.2 Å². The third-order valence-electron chi connectivity index (χ3n) is 4.36. The Labute approximate surface area is 131 Å². The van der Waals surface area contributed by atoms with Gasteiger partial charge in [-0.3, -0.25) is 0 Å². The molecule has 2 aliphatic rings. The molecule has 5 heteroatoms. The molecule has 0 unspecified atom stereocenters. The standard InChI is InChI=1S/C15H20BrFO2S/c16-12-10-13(17)20-14(12)15(18-8-9-19-15)7-6-11-4-2-1-3-5-11/h10-11H,1-9H2. The molecule has 1 aromatic rings. The fourth-order valence-electron chi connectivity index (χ4n) is 3.31. The van der Waals surface area contributed by atoms with E-state index in [-0.39, 0.29) is 5.13 Å². The number of halogens is 2. The van der Waals surface area contributed by atoms with Gasteiger partial charge in [-0.1, -0.05) is 32.1 Å². The van der Waals surface area contributed by atoms with Crippen molar-refractivity contribution in [3.05, 3.63) is 20.5 Å².